The largest absolute Gasteiger partial charge is 0.369 e. The molecule has 5 nitrogen and oxygen atoms in total. The number of pyridine rings is 1. The lowest BCUT2D eigenvalue weighted by Gasteiger charge is -2.24. The maximum absolute atomic E-state index is 6.52. The Morgan fingerprint density at radius 3 is 3.00 bits per heavy atom. The third kappa shape index (κ3) is 1.71. The third-order valence-electron chi connectivity index (χ3n) is 4.44. The van der Waals surface area contributed by atoms with Gasteiger partial charge in [-0.2, -0.15) is 15.0 Å². The molecule has 1 fully saturated rings. The quantitative estimate of drug-likeness (QED) is 0.854. The van der Waals surface area contributed by atoms with E-state index in [1.165, 1.54) is 0 Å². The van der Waals surface area contributed by atoms with Crippen molar-refractivity contribution < 1.29 is 0 Å². The molecule has 0 amide bonds. The van der Waals surface area contributed by atoms with Gasteiger partial charge in [-0.05, 0) is 35.2 Å². The SMILES string of the molecule is Clc1c(Br)cnc2c1[C@]1(CC[C@H](n3nccn3)C1)CN2. The summed E-state index contributed by atoms with van der Waals surface area (Å²) in [6.07, 6.45) is 8.37. The van der Waals surface area contributed by atoms with Crippen LogP contribution in [0.25, 0.3) is 0 Å². The van der Waals surface area contributed by atoms with Crippen LogP contribution in [-0.4, -0.2) is 26.5 Å². The van der Waals surface area contributed by atoms with Crippen LogP contribution in [0.1, 0.15) is 30.9 Å². The molecule has 104 valence electrons. The molecule has 0 bridgehead atoms. The molecule has 0 unspecified atom stereocenters. The maximum atomic E-state index is 6.52. The summed E-state index contributed by atoms with van der Waals surface area (Å²) in [6.45, 7) is 0.892. The van der Waals surface area contributed by atoms with Crippen LogP contribution in [0, 0.1) is 0 Å². The number of nitrogens with one attached hydrogen (secondary N) is 1. The minimum atomic E-state index is 0.0570. The average molecular weight is 355 g/mol. The van der Waals surface area contributed by atoms with Gasteiger partial charge < -0.3 is 5.32 Å². The number of nitrogens with zero attached hydrogens (tertiary/aromatic N) is 4. The fraction of sp³-hybridized carbons (Fsp3) is 0.462. The molecule has 4 rings (SSSR count). The lowest BCUT2D eigenvalue weighted by molar-refractivity contribution is 0.383. The van der Waals surface area contributed by atoms with Gasteiger partial charge in [0, 0.05) is 23.7 Å². The predicted molar refractivity (Wildman–Crippen MR) is 80.0 cm³/mol. The molecule has 1 aliphatic carbocycles. The lowest BCUT2D eigenvalue weighted by Crippen LogP contribution is -2.26. The fourth-order valence-corrected chi connectivity index (χ4v) is 4.16. The summed E-state index contributed by atoms with van der Waals surface area (Å²) >= 11 is 10.00. The average Bonchev–Trinajstić information content (AvgIpc) is 3.15. The molecule has 0 radical (unpaired) electrons. The summed E-state index contributed by atoms with van der Waals surface area (Å²) in [5.74, 6) is 0.923. The minimum Gasteiger partial charge on any atom is -0.369 e. The van der Waals surface area contributed by atoms with E-state index in [1.807, 2.05) is 4.80 Å². The first-order chi connectivity index (χ1) is 9.70. The summed E-state index contributed by atoms with van der Waals surface area (Å²) in [5, 5.41) is 12.7. The van der Waals surface area contributed by atoms with Gasteiger partial charge in [-0.3, -0.25) is 0 Å². The third-order valence-corrected chi connectivity index (χ3v) is 5.67. The van der Waals surface area contributed by atoms with Crippen LogP contribution < -0.4 is 5.32 Å². The fourth-order valence-electron chi connectivity index (χ4n) is 3.52. The number of aromatic nitrogens is 4. The predicted octanol–water partition coefficient (Wildman–Crippen LogP) is 3.18. The van der Waals surface area contributed by atoms with E-state index in [0.717, 1.165) is 46.7 Å². The highest BCUT2D eigenvalue weighted by atomic mass is 79.9. The summed E-state index contributed by atoms with van der Waals surface area (Å²) < 4.78 is 0.863. The second kappa shape index (κ2) is 4.43. The molecule has 3 heterocycles. The zero-order chi connectivity index (χ0) is 13.7. The molecule has 2 atom stereocenters. The van der Waals surface area contributed by atoms with Gasteiger partial charge in [0.2, 0.25) is 0 Å². The molecule has 1 saturated carbocycles. The Labute approximate surface area is 129 Å². The summed E-state index contributed by atoms with van der Waals surface area (Å²) in [4.78, 5) is 6.27. The van der Waals surface area contributed by atoms with Gasteiger partial charge in [-0.1, -0.05) is 11.6 Å². The Hall–Kier alpha value is -1.14. The number of halogens is 2. The van der Waals surface area contributed by atoms with Crippen molar-refractivity contribution in [2.75, 3.05) is 11.9 Å². The van der Waals surface area contributed by atoms with E-state index < -0.39 is 0 Å². The standard InChI is InChI=1S/C13H13BrClN5/c14-9-6-16-12-10(11(9)15)13(7-17-12)2-1-8(5-13)20-18-3-4-19-20/h3-4,6,8H,1-2,5,7H2,(H,16,17)/t8-,13-/m0/s1. The number of hydrogen-bond acceptors (Lipinski definition) is 4. The van der Waals surface area contributed by atoms with E-state index in [-0.39, 0.29) is 5.41 Å². The monoisotopic (exact) mass is 353 g/mol. The highest BCUT2D eigenvalue weighted by molar-refractivity contribution is 9.10. The van der Waals surface area contributed by atoms with Crippen molar-refractivity contribution >= 4 is 33.3 Å². The molecule has 0 aromatic carbocycles. The summed E-state index contributed by atoms with van der Waals surface area (Å²) in [5.41, 5.74) is 1.21. The highest BCUT2D eigenvalue weighted by Gasteiger charge is 2.48. The van der Waals surface area contributed by atoms with Crippen LogP contribution in [0.3, 0.4) is 0 Å². The van der Waals surface area contributed by atoms with Crippen molar-refractivity contribution in [3.05, 3.63) is 33.6 Å². The molecule has 7 heteroatoms. The van der Waals surface area contributed by atoms with Gasteiger partial charge in [0.25, 0.3) is 0 Å². The molecule has 2 aromatic rings. The molecule has 1 aliphatic heterocycles. The first-order valence-corrected chi connectivity index (χ1v) is 7.81. The van der Waals surface area contributed by atoms with E-state index >= 15 is 0 Å². The first-order valence-electron chi connectivity index (χ1n) is 6.64. The van der Waals surface area contributed by atoms with Gasteiger partial charge in [0.05, 0.1) is 27.9 Å². The van der Waals surface area contributed by atoms with Gasteiger partial charge in [0.1, 0.15) is 5.82 Å². The topological polar surface area (TPSA) is 55.6 Å². The second-order valence-electron chi connectivity index (χ2n) is 5.52. The van der Waals surface area contributed by atoms with Crippen LogP contribution in [0.4, 0.5) is 5.82 Å². The molecular formula is C13H13BrClN5. The first kappa shape index (κ1) is 12.6. The molecular weight excluding hydrogens is 342 g/mol. The molecule has 20 heavy (non-hydrogen) atoms. The number of anilines is 1. The van der Waals surface area contributed by atoms with Crippen molar-refractivity contribution in [1.29, 1.82) is 0 Å². The Morgan fingerprint density at radius 1 is 1.40 bits per heavy atom. The summed E-state index contributed by atoms with van der Waals surface area (Å²) in [6, 6.07) is 0.341. The van der Waals surface area contributed by atoms with Crippen molar-refractivity contribution in [3.63, 3.8) is 0 Å². The van der Waals surface area contributed by atoms with Gasteiger partial charge in [-0.15, -0.1) is 0 Å². The van der Waals surface area contributed by atoms with E-state index in [9.17, 15) is 0 Å². The molecule has 2 aromatic heterocycles. The summed E-state index contributed by atoms with van der Waals surface area (Å²) in [7, 11) is 0. The Morgan fingerprint density at radius 2 is 2.20 bits per heavy atom. The van der Waals surface area contributed by atoms with Crippen molar-refractivity contribution in [2.45, 2.75) is 30.7 Å². The Bertz CT molecular complexity index is 659. The van der Waals surface area contributed by atoms with Gasteiger partial charge in [0.15, 0.2) is 0 Å². The van der Waals surface area contributed by atoms with Crippen LogP contribution in [-0.2, 0) is 5.41 Å². The zero-order valence-electron chi connectivity index (χ0n) is 10.7. The smallest absolute Gasteiger partial charge is 0.131 e. The Balaban J connectivity index is 1.74. The van der Waals surface area contributed by atoms with Crippen molar-refractivity contribution in [3.8, 4) is 0 Å². The van der Waals surface area contributed by atoms with Crippen LogP contribution in [0.5, 0.6) is 0 Å². The van der Waals surface area contributed by atoms with Crippen LogP contribution in [0.2, 0.25) is 5.02 Å². The number of fused-ring (bicyclic) bond motifs is 2. The zero-order valence-corrected chi connectivity index (χ0v) is 13.0. The van der Waals surface area contributed by atoms with E-state index in [0.29, 0.717) is 6.04 Å². The van der Waals surface area contributed by atoms with Gasteiger partial charge in [-0.25, -0.2) is 4.98 Å². The second-order valence-corrected chi connectivity index (χ2v) is 6.76. The molecule has 0 saturated heterocycles. The van der Waals surface area contributed by atoms with Crippen molar-refractivity contribution in [2.24, 2.45) is 0 Å². The highest BCUT2D eigenvalue weighted by Crippen LogP contribution is 2.53. The maximum Gasteiger partial charge on any atom is 0.131 e. The molecule has 1 N–H and O–H groups in total. The molecule has 1 spiro atoms. The number of hydrogen-bond donors (Lipinski definition) is 1. The van der Waals surface area contributed by atoms with Crippen LogP contribution >= 0.6 is 27.5 Å². The van der Waals surface area contributed by atoms with E-state index in [4.69, 9.17) is 11.6 Å². The minimum absolute atomic E-state index is 0.0570. The normalized spacial score (nSPS) is 27.8. The lowest BCUT2D eigenvalue weighted by atomic mass is 9.81. The number of rotatable bonds is 1. The van der Waals surface area contributed by atoms with Crippen LogP contribution in [0.15, 0.2) is 23.1 Å². The van der Waals surface area contributed by atoms with E-state index in [1.54, 1.807) is 18.6 Å². The van der Waals surface area contributed by atoms with Crippen molar-refractivity contribution in [1.82, 2.24) is 20.0 Å². The van der Waals surface area contributed by atoms with E-state index in [2.05, 4.69) is 36.4 Å². The molecule has 2 aliphatic rings. The van der Waals surface area contributed by atoms with Gasteiger partial charge >= 0.3 is 0 Å². The Kier molecular flexibility index (Phi) is 2.79.